The van der Waals surface area contributed by atoms with Crippen LogP contribution in [0.1, 0.15) is 40.2 Å². The Morgan fingerprint density at radius 2 is 1.65 bits per heavy atom. The van der Waals surface area contributed by atoms with Gasteiger partial charge in [0.25, 0.3) is 0 Å². The van der Waals surface area contributed by atoms with Gasteiger partial charge in [-0.25, -0.2) is 8.42 Å². The van der Waals surface area contributed by atoms with Crippen molar-refractivity contribution in [2.75, 3.05) is 12.8 Å². The molecule has 6 heteroatoms. The fourth-order valence-corrected chi connectivity index (χ4v) is 3.74. The van der Waals surface area contributed by atoms with Gasteiger partial charge in [0.05, 0.1) is 12.8 Å². The summed E-state index contributed by atoms with van der Waals surface area (Å²) in [6.45, 7) is 9.56. The standard InChI is InChI=1S/C17H28N2O3S/c1-14(2)18(12-15-10-8-7-9-11-15)16(20)13-19(17(3,4)5)23(6,21)22/h7-11,14H,12-13H2,1-6H3. The van der Waals surface area contributed by atoms with Gasteiger partial charge in [-0.1, -0.05) is 30.3 Å². The van der Waals surface area contributed by atoms with Crippen LogP contribution < -0.4 is 0 Å². The average Bonchev–Trinajstić information content (AvgIpc) is 2.40. The van der Waals surface area contributed by atoms with E-state index in [1.165, 1.54) is 4.31 Å². The maximum absolute atomic E-state index is 12.7. The highest BCUT2D eigenvalue weighted by atomic mass is 32.2. The molecule has 0 atom stereocenters. The van der Waals surface area contributed by atoms with Gasteiger partial charge in [-0.2, -0.15) is 4.31 Å². The molecule has 0 spiro atoms. The number of sulfonamides is 1. The molecule has 130 valence electrons. The predicted molar refractivity (Wildman–Crippen MR) is 93.4 cm³/mol. The molecule has 0 fully saturated rings. The first-order valence-corrected chi connectivity index (χ1v) is 9.59. The highest BCUT2D eigenvalue weighted by Crippen LogP contribution is 2.18. The molecule has 0 heterocycles. The third-order valence-corrected chi connectivity index (χ3v) is 5.04. The molecule has 23 heavy (non-hydrogen) atoms. The third kappa shape index (κ3) is 5.95. The van der Waals surface area contributed by atoms with Crippen LogP contribution in [0, 0.1) is 0 Å². The minimum absolute atomic E-state index is 0.0101. The first-order valence-electron chi connectivity index (χ1n) is 7.74. The molecular weight excluding hydrogens is 312 g/mol. The highest BCUT2D eigenvalue weighted by Gasteiger charge is 2.33. The molecule has 0 saturated carbocycles. The SMILES string of the molecule is CC(C)N(Cc1ccccc1)C(=O)CN(C(C)(C)C)S(C)(=O)=O. The summed E-state index contributed by atoms with van der Waals surface area (Å²) in [6.07, 6.45) is 1.14. The van der Waals surface area contributed by atoms with Crippen LogP contribution in [-0.2, 0) is 21.4 Å². The Morgan fingerprint density at radius 3 is 2.04 bits per heavy atom. The minimum Gasteiger partial charge on any atom is -0.335 e. The quantitative estimate of drug-likeness (QED) is 0.799. The van der Waals surface area contributed by atoms with E-state index >= 15 is 0 Å². The van der Waals surface area contributed by atoms with Gasteiger partial charge in [-0.05, 0) is 40.2 Å². The zero-order valence-corrected chi connectivity index (χ0v) is 15.7. The largest absolute Gasteiger partial charge is 0.335 e. The number of carbonyl (C=O) groups is 1. The number of hydrogen-bond acceptors (Lipinski definition) is 3. The van der Waals surface area contributed by atoms with Crippen LogP contribution in [-0.4, -0.2) is 47.9 Å². The van der Waals surface area contributed by atoms with Gasteiger partial charge in [0, 0.05) is 18.1 Å². The van der Waals surface area contributed by atoms with E-state index in [0.29, 0.717) is 6.54 Å². The molecule has 1 rings (SSSR count). The summed E-state index contributed by atoms with van der Waals surface area (Å²) in [7, 11) is -3.46. The Bertz CT molecular complexity index is 619. The summed E-state index contributed by atoms with van der Waals surface area (Å²) in [4.78, 5) is 14.4. The Balaban J connectivity index is 2.98. The third-order valence-electron chi connectivity index (χ3n) is 3.57. The molecule has 1 aromatic carbocycles. The van der Waals surface area contributed by atoms with Gasteiger partial charge in [-0.3, -0.25) is 4.79 Å². The van der Waals surface area contributed by atoms with Crippen molar-refractivity contribution < 1.29 is 13.2 Å². The second-order valence-corrected chi connectivity index (χ2v) is 8.95. The van der Waals surface area contributed by atoms with Gasteiger partial charge < -0.3 is 4.90 Å². The van der Waals surface area contributed by atoms with Crippen LogP contribution in [0.3, 0.4) is 0 Å². The summed E-state index contributed by atoms with van der Waals surface area (Å²) in [6, 6.07) is 9.69. The zero-order chi connectivity index (χ0) is 17.8. The van der Waals surface area contributed by atoms with Gasteiger partial charge >= 0.3 is 0 Å². The van der Waals surface area contributed by atoms with E-state index in [1.54, 1.807) is 25.7 Å². The Hall–Kier alpha value is -1.40. The second-order valence-electron chi connectivity index (χ2n) is 7.04. The summed E-state index contributed by atoms with van der Waals surface area (Å²) >= 11 is 0. The highest BCUT2D eigenvalue weighted by molar-refractivity contribution is 7.88. The molecule has 0 aliphatic heterocycles. The number of rotatable bonds is 6. The van der Waals surface area contributed by atoms with Crippen molar-refractivity contribution in [1.82, 2.24) is 9.21 Å². The van der Waals surface area contributed by atoms with Crippen LogP contribution >= 0.6 is 0 Å². The molecule has 0 aliphatic rings. The van der Waals surface area contributed by atoms with Gasteiger partial charge in [0.15, 0.2) is 0 Å². The molecule has 0 saturated heterocycles. The lowest BCUT2D eigenvalue weighted by atomic mass is 10.1. The smallest absolute Gasteiger partial charge is 0.238 e. The fourth-order valence-electron chi connectivity index (χ4n) is 2.40. The summed E-state index contributed by atoms with van der Waals surface area (Å²) in [5.74, 6) is -0.191. The molecule has 0 unspecified atom stereocenters. The topological polar surface area (TPSA) is 57.7 Å². The van der Waals surface area contributed by atoms with Crippen molar-refractivity contribution in [2.45, 2.75) is 52.7 Å². The van der Waals surface area contributed by atoms with Crippen molar-refractivity contribution in [3.8, 4) is 0 Å². The van der Waals surface area contributed by atoms with Crippen LogP contribution in [0.25, 0.3) is 0 Å². The van der Waals surface area contributed by atoms with E-state index in [0.717, 1.165) is 11.8 Å². The average molecular weight is 340 g/mol. The number of hydrogen-bond donors (Lipinski definition) is 0. The van der Waals surface area contributed by atoms with E-state index in [-0.39, 0.29) is 18.5 Å². The molecular formula is C17H28N2O3S. The Morgan fingerprint density at radius 1 is 1.13 bits per heavy atom. The number of nitrogens with zero attached hydrogens (tertiary/aromatic N) is 2. The van der Waals surface area contributed by atoms with E-state index in [1.807, 2.05) is 44.2 Å². The minimum atomic E-state index is -3.46. The molecule has 0 N–H and O–H groups in total. The molecule has 0 aromatic heterocycles. The molecule has 0 radical (unpaired) electrons. The Kier molecular flexibility index (Phi) is 6.36. The summed E-state index contributed by atoms with van der Waals surface area (Å²) < 4.78 is 25.3. The first-order chi connectivity index (χ1) is 10.4. The van der Waals surface area contributed by atoms with Crippen molar-refractivity contribution in [3.05, 3.63) is 35.9 Å². The van der Waals surface area contributed by atoms with E-state index in [4.69, 9.17) is 0 Å². The molecule has 0 bridgehead atoms. The van der Waals surface area contributed by atoms with Gasteiger partial charge in [0.1, 0.15) is 0 Å². The lowest BCUT2D eigenvalue weighted by molar-refractivity contribution is -0.134. The molecule has 1 aromatic rings. The van der Waals surface area contributed by atoms with E-state index in [2.05, 4.69) is 0 Å². The Labute approximate surface area is 140 Å². The van der Waals surface area contributed by atoms with Crippen LogP contribution in [0.2, 0.25) is 0 Å². The van der Waals surface area contributed by atoms with E-state index in [9.17, 15) is 13.2 Å². The monoisotopic (exact) mass is 340 g/mol. The normalized spacial score (nSPS) is 12.7. The lowest BCUT2D eigenvalue weighted by Gasteiger charge is -2.35. The maximum atomic E-state index is 12.7. The summed E-state index contributed by atoms with van der Waals surface area (Å²) in [5, 5.41) is 0. The second kappa shape index (κ2) is 7.45. The van der Waals surface area contributed by atoms with Crippen LogP contribution in [0.15, 0.2) is 30.3 Å². The van der Waals surface area contributed by atoms with E-state index < -0.39 is 15.6 Å². The molecule has 5 nitrogen and oxygen atoms in total. The van der Waals surface area contributed by atoms with Crippen molar-refractivity contribution in [3.63, 3.8) is 0 Å². The van der Waals surface area contributed by atoms with Gasteiger partial charge in [0.2, 0.25) is 15.9 Å². The van der Waals surface area contributed by atoms with Crippen molar-refractivity contribution in [2.24, 2.45) is 0 Å². The first kappa shape index (κ1) is 19.6. The number of carbonyl (C=O) groups excluding carboxylic acids is 1. The summed E-state index contributed by atoms with van der Waals surface area (Å²) in [5.41, 5.74) is 0.384. The molecule has 0 aliphatic carbocycles. The van der Waals surface area contributed by atoms with Crippen LogP contribution in [0.5, 0.6) is 0 Å². The number of benzene rings is 1. The van der Waals surface area contributed by atoms with Crippen molar-refractivity contribution in [1.29, 1.82) is 0 Å². The van der Waals surface area contributed by atoms with Gasteiger partial charge in [-0.15, -0.1) is 0 Å². The maximum Gasteiger partial charge on any atom is 0.238 e. The number of amides is 1. The molecule has 1 amide bonds. The van der Waals surface area contributed by atoms with Crippen molar-refractivity contribution >= 4 is 15.9 Å². The fraction of sp³-hybridized carbons (Fsp3) is 0.588. The lowest BCUT2D eigenvalue weighted by Crippen LogP contribution is -2.51. The zero-order valence-electron chi connectivity index (χ0n) is 14.9. The predicted octanol–water partition coefficient (Wildman–Crippen LogP) is 2.48. The van der Waals surface area contributed by atoms with Crippen LogP contribution in [0.4, 0.5) is 0 Å².